The van der Waals surface area contributed by atoms with Gasteiger partial charge in [0.1, 0.15) is 0 Å². The van der Waals surface area contributed by atoms with Crippen LogP contribution in [0.15, 0.2) is 16.6 Å². The van der Waals surface area contributed by atoms with E-state index in [0.717, 1.165) is 6.07 Å². The average molecular weight is 299 g/mol. The molecule has 0 heterocycles. The Bertz CT molecular complexity index is 522. The third-order valence-electron chi connectivity index (χ3n) is 2.05. The molecule has 0 fully saturated rings. The standard InChI is InChI=1S/C10H7BrN2O4/c1-17-10(14)4-7-8(11)2-6(5-12)3-9(7)13(15)16/h2-3H,4H2,1H3. The first-order valence-electron chi connectivity index (χ1n) is 4.43. The fourth-order valence-corrected chi connectivity index (χ4v) is 1.83. The minimum atomic E-state index is -0.635. The van der Waals surface area contributed by atoms with Crippen LogP contribution in [-0.4, -0.2) is 18.0 Å². The van der Waals surface area contributed by atoms with Gasteiger partial charge < -0.3 is 4.74 Å². The van der Waals surface area contributed by atoms with Crippen molar-refractivity contribution in [3.8, 4) is 6.07 Å². The highest BCUT2D eigenvalue weighted by Crippen LogP contribution is 2.29. The number of ether oxygens (including phenoxy) is 1. The number of methoxy groups -OCH3 is 1. The van der Waals surface area contributed by atoms with Gasteiger partial charge in [-0.05, 0) is 6.07 Å². The van der Waals surface area contributed by atoms with E-state index < -0.39 is 10.9 Å². The first-order chi connectivity index (χ1) is 7.99. The summed E-state index contributed by atoms with van der Waals surface area (Å²) in [6.45, 7) is 0. The van der Waals surface area contributed by atoms with Gasteiger partial charge in [0, 0.05) is 10.5 Å². The van der Waals surface area contributed by atoms with Gasteiger partial charge in [-0.25, -0.2) is 0 Å². The van der Waals surface area contributed by atoms with Crippen LogP contribution in [0.4, 0.5) is 5.69 Å². The van der Waals surface area contributed by atoms with Crippen LogP contribution < -0.4 is 0 Å². The molecule has 1 rings (SSSR count). The summed E-state index contributed by atoms with van der Waals surface area (Å²) in [5, 5.41) is 19.5. The first kappa shape index (κ1) is 13.1. The van der Waals surface area contributed by atoms with Crippen molar-refractivity contribution in [3.63, 3.8) is 0 Å². The number of carbonyl (C=O) groups is 1. The molecule has 0 aliphatic carbocycles. The monoisotopic (exact) mass is 298 g/mol. The number of hydrogen-bond acceptors (Lipinski definition) is 5. The Morgan fingerprint density at radius 2 is 2.29 bits per heavy atom. The van der Waals surface area contributed by atoms with Crippen LogP contribution in [0.3, 0.4) is 0 Å². The van der Waals surface area contributed by atoms with Crippen molar-refractivity contribution in [2.75, 3.05) is 7.11 Å². The molecule has 0 amide bonds. The number of carbonyl (C=O) groups excluding carboxylic acids is 1. The van der Waals surface area contributed by atoms with E-state index in [4.69, 9.17) is 5.26 Å². The van der Waals surface area contributed by atoms with Crippen LogP contribution in [0.1, 0.15) is 11.1 Å². The predicted octanol–water partition coefficient (Wildman–Crippen LogP) is 1.94. The topological polar surface area (TPSA) is 93.2 Å². The fourth-order valence-electron chi connectivity index (χ4n) is 1.24. The lowest BCUT2D eigenvalue weighted by Crippen LogP contribution is -2.08. The molecular weight excluding hydrogens is 292 g/mol. The summed E-state index contributed by atoms with van der Waals surface area (Å²) in [6, 6.07) is 4.36. The Labute approximate surface area is 105 Å². The third kappa shape index (κ3) is 3.01. The van der Waals surface area contributed by atoms with Crippen molar-refractivity contribution in [2.45, 2.75) is 6.42 Å². The Balaban J connectivity index is 3.32. The molecule has 0 bridgehead atoms. The summed E-state index contributed by atoms with van der Waals surface area (Å²) < 4.78 is 4.79. The molecule has 0 aliphatic heterocycles. The maximum Gasteiger partial charge on any atom is 0.310 e. The van der Waals surface area contributed by atoms with Gasteiger partial charge in [0.2, 0.25) is 0 Å². The number of halogens is 1. The summed E-state index contributed by atoms with van der Waals surface area (Å²) >= 11 is 3.10. The first-order valence-corrected chi connectivity index (χ1v) is 5.22. The Morgan fingerprint density at radius 1 is 1.65 bits per heavy atom. The van der Waals surface area contributed by atoms with Crippen molar-refractivity contribution < 1.29 is 14.5 Å². The summed E-state index contributed by atoms with van der Waals surface area (Å²) in [4.78, 5) is 21.3. The zero-order valence-electron chi connectivity index (χ0n) is 8.77. The molecular formula is C10H7BrN2O4. The van der Waals surface area contributed by atoms with Crippen molar-refractivity contribution in [2.24, 2.45) is 0 Å². The molecule has 0 N–H and O–H groups in total. The number of esters is 1. The number of nitro groups is 1. The zero-order valence-corrected chi connectivity index (χ0v) is 10.4. The van der Waals surface area contributed by atoms with E-state index in [0.29, 0.717) is 4.47 Å². The number of rotatable bonds is 3. The van der Waals surface area contributed by atoms with Gasteiger partial charge in [-0.3, -0.25) is 14.9 Å². The molecule has 0 atom stereocenters. The van der Waals surface area contributed by atoms with Crippen LogP contribution >= 0.6 is 15.9 Å². The lowest BCUT2D eigenvalue weighted by atomic mass is 10.1. The molecule has 0 unspecified atom stereocenters. The van der Waals surface area contributed by atoms with Gasteiger partial charge in [-0.1, -0.05) is 15.9 Å². The van der Waals surface area contributed by atoms with Crippen molar-refractivity contribution in [1.29, 1.82) is 5.26 Å². The molecule has 0 aromatic heterocycles. The van der Waals surface area contributed by atoms with Crippen LogP contribution in [-0.2, 0) is 16.0 Å². The Hall–Kier alpha value is -1.94. The van der Waals surface area contributed by atoms with Crippen molar-refractivity contribution in [3.05, 3.63) is 37.8 Å². The van der Waals surface area contributed by atoms with Crippen molar-refractivity contribution >= 4 is 27.6 Å². The van der Waals surface area contributed by atoms with Gasteiger partial charge >= 0.3 is 5.97 Å². The van der Waals surface area contributed by atoms with E-state index in [1.54, 1.807) is 6.07 Å². The third-order valence-corrected chi connectivity index (χ3v) is 2.75. The highest BCUT2D eigenvalue weighted by molar-refractivity contribution is 9.10. The normalized spacial score (nSPS) is 9.47. The minimum absolute atomic E-state index is 0.150. The summed E-state index contributed by atoms with van der Waals surface area (Å²) in [7, 11) is 1.20. The highest BCUT2D eigenvalue weighted by Gasteiger charge is 2.21. The van der Waals surface area contributed by atoms with Crippen LogP contribution in [0.5, 0.6) is 0 Å². The molecule has 1 aromatic rings. The molecule has 7 heteroatoms. The second-order valence-electron chi connectivity index (χ2n) is 3.08. The van der Waals surface area contributed by atoms with Crippen LogP contribution in [0.25, 0.3) is 0 Å². The lowest BCUT2D eigenvalue weighted by molar-refractivity contribution is -0.385. The number of nitro benzene ring substituents is 1. The van der Waals surface area contributed by atoms with Crippen molar-refractivity contribution in [1.82, 2.24) is 0 Å². The van der Waals surface area contributed by atoms with E-state index >= 15 is 0 Å². The van der Waals surface area contributed by atoms with Gasteiger partial charge in [0.15, 0.2) is 0 Å². The molecule has 1 aromatic carbocycles. The second-order valence-corrected chi connectivity index (χ2v) is 3.93. The SMILES string of the molecule is COC(=O)Cc1c(Br)cc(C#N)cc1[N+](=O)[O-]. The number of benzene rings is 1. The molecule has 88 valence electrons. The molecule has 0 radical (unpaired) electrons. The largest absolute Gasteiger partial charge is 0.469 e. The molecule has 17 heavy (non-hydrogen) atoms. The maximum absolute atomic E-state index is 11.1. The molecule has 6 nitrogen and oxygen atoms in total. The van der Waals surface area contributed by atoms with E-state index in [1.165, 1.54) is 13.2 Å². The fraction of sp³-hybridized carbons (Fsp3) is 0.200. The quantitative estimate of drug-likeness (QED) is 0.483. The summed E-state index contributed by atoms with van der Waals surface area (Å²) in [5.74, 6) is -0.585. The molecule has 0 aliphatic rings. The predicted molar refractivity (Wildman–Crippen MR) is 61.2 cm³/mol. The second kappa shape index (κ2) is 5.41. The van der Waals surface area contributed by atoms with Gasteiger partial charge in [0.05, 0.1) is 35.7 Å². The molecule has 0 saturated carbocycles. The maximum atomic E-state index is 11.1. The van der Waals surface area contributed by atoms with Gasteiger partial charge in [-0.2, -0.15) is 5.26 Å². The number of hydrogen-bond donors (Lipinski definition) is 0. The van der Waals surface area contributed by atoms with Crippen LogP contribution in [0, 0.1) is 21.4 Å². The highest BCUT2D eigenvalue weighted by atomic mass is 79.9. The number of nitriles is 1. The van der Waals surface area contributed by atoms with E-state index in [1.807, 2.05) is 0 Å². The summed E-state index contributed by atoms with van der Waals surface area (Å²) in [5.41, 5.74) is 0.0689. The van der Waals surface area contributed by atoms with E-state index in [2.05, 4.69) is 20.7 Å². The van der Waals surface area contributed by atoms with Gasteiger partial charge in [-0.15, -0.1) is 0 Å². The summed E-state index contributed by atoms with van der Waals surface area (Å²) in [6.07, 6.45) is -0.223. The smallest absolute Gasteiger partial charge is 0.310 e. The number of nitrogens with zero attached hydrogens (tertiary/aromatic N) is 2. The Kier molecular flexibility index (Phi) is 4.17. The zero-order chi connectivity index (χ0) is 13.0. The molecule has 0 spiro atoms. The van der Waals surface area contributed by atoms with Crippen LogP contribution in [0.2, 0.25) is 0 Å². The Morgan fingerprint density at radius 3 is 2.76 bits per heavy atom. The average Bonchev–Trinajstić information content (AvgIpc) is 2.30. The van der Waals surface area contributed by atoms with E-state index in [-0.39, 0.29) is 23.2 Å². The van der Waals surface area contributed by atoms with E-state index in [9.17, 15) is 14.9 Å². The minimum Gasteiger partial charge on any atom is -0.469 e. The van der Waals surface area contributed by atoms with Gasteiger partial charge in [0.25, 0.3) is 5.69 Å². The molecule has 0 saturated heterocycles. The lowest BCUT2D eigenvalue weighted by Gasteiger charge is -2.05.